The van der Waals surface area contributed by atoms with Gasteiger partial charge in [-0.25, -0.2) is 0 Å². The lowest BCUT2D eigenvalue weighted by atomic mass is 10.1. The first-order valence-corrected chi connectivity index (χ1v) is 8.54. The molecule has 0 unspecified atom stereocenters. The first-order chi connectivity index (χ1) is 12.7. The Labute approximate surface area is 152 Å². The molecule has 0 N–H and O–H groups in total. The molecule has 0 amide bonds. The van der Waals surface area contributed by atoms with Crippen LogP contribution >= 0.6 is 0 Å². The van der Waals surface area contributed by atoms with Crippen molar-refractivity contribution < 1.29 is 14.3 Å². The van der Waals surface area contributed by atoms with Crippen LogP contribution in [0.1, 0.15) is 22.8 Å². The maximum absolute atomic E-state index is 12.9. The van der Waals surface area contributed by atoms with Gasteiger partial charge in [-0.05, 0) is 31.5 Å². The van der Waals surface area contributed by atoms with Gasteiger partial charge in [0.2, 0.25) is 0 Å². The summed E-state index contributed by atoms with van der Waals surface area (Å²) in [5.41, 5.74) is 2.37. The van der Waals surface area contributed by atoms with Crippen LogP contribution in [0.5, 0.6) is 6.01 Å². The third-order valence-electron chi connectivity index (χ3n) is 3.85. The molecule has 0 fully saturated rings. The van der Waals surface area contributed by atoms with Gasteiger partial charge in [0.25, 0.3) is 5.91 Å². The summed E-state index contributed by atoms with van der Waals surface area (Å²) in [5.74, 6) is 0.208. The summed E-state index contributed by atoms with van der Waals surface area (Å²) in [6, 6.07) is 16.9. The molecule has 0 aliphatic heterocycles. The molecule has 26 heavy (non-hydrogen) atoms. The predicted molar refractivity (Wildman–Crippen MR) is 98.4 cm³/mol. The Balaban J connectivity index is 1.97. The SMILES string of the molecule is CCOCCOc1nc(-c2ccccc2C)n(C(=O)c2ccccc2)n1. The first kappa shape index (κ1) is 17.8. The van der Waals surface area contributed by atoms with Crippen LogP contribution in [-0.2, 0) is 4.74 Å². The van der Waals surface area contributed by atoms with Gasteiger partial charge in [-0.2, -0.15) is 9.67 Å². The highest BCUT2D eigenvalue weighted by molar-refractivity contribution is 5.97. The van der Waals surface area contributed by atoms with E-state index in [1.54, 1.807) is 12.1 Å². The molecule has 1 aromatic heterocycles. The van der Waals surface area contributed by atoms with Crippen LogP contribution < -0.4 is 4.74 Å². The summed E-state index contributed by atoms with van der Waals surface area (Å²) in [6.07, 6.45) is 0. The summed E-state index contributed by atoms with van der Waals surface area (Å²) >= 11 is 0. The van der Waals surface area contributed by atoms with Crippen LogP contribution in [0.25, 0.3) is 11.4 Å². The highest BCUT2D eigenvalue weighted by Crippen LogP contribution is 2.24. The molecule has 0 aliphatic rings. The van der Waals surface area contributed by atoms with Crippen molar-refractivity contribution in [3.8, 4) is 17.4 Å². The molecule has 0 bridgehead atoms. The van der Waals surface area contributed by atoms with Crippen LogP contribution in [0.15, 0.2) is 54.6 Å². The van der Waals surface area contributed by atoms with Gasteiger partial charge in [-0.15, -0.1) is 5.10 Å². The first-order valence-electron chi connectivity index (χ1n) is 8.54. The Bertz CT molecular complexity index is 875. The molecule has 0 aliphatic carbocycles. The Morgan fingerprint density at radius 3 is 2.50 bits per heavy atom. The molecule has 0 saturated heterocycles. The number of aryl methyl sites for hydroxylation is 1. The number of carbonyl (C=O) groups excluding carboxylic acids is 1. The fourth-order valence-corrected chi connectivity index (χ4v) is 2.53. The van der Waals surface area contributed by atoms with Crippen LogP contribution in [0.3, 0.4) is 0 Å². The second-order valence-corrected chi connectivity index (χ2v) is 5.66. The Kier molecular flexibility index (Phi) is 5.76. The molecular formula is C20H21N3O3. The van der Waals surface area contributed by atoms with Gasteiger partial charge in [0, 0.05) is 17.7 Å². The minimum Gasteiger partial charge on any atom is -0.460 e. The zero-order valence-corrected chi connectivity index (χ0v) is 14.9. The second-order valence-electron chi connectivity index (χ2n) is 5.66. The van der Waals surface area contributed by atoms with Crippen molar-refractivity contribution in [2.24, 2.45) is 0 Å². The molecule has 3 rings (SSSR count). The Morgan fingerprint density at radius 1 is 1.04 bits per heavy atom. The van der Waals surface area contributed by atoms with Crippen molar-refractivity contribution in [3.63, 3.8) is 0 Å². The maximum Gasteiger partial charge on any atom is 0.336 e. The standard InChI is InChI=1S/C20H21N3O3/c1-3-25-13-14-26-20-21-18(17-12-8-7-9-15(17)2)23(22-20)19(24)16-10-5-4-6-11-16/h4-12H,3,13-14H2,1-2H3. The topological polar surface area (TPSA) is 66.2 Å². The summed E-state index contributed by atoms with van der Waals surface area (Å²) in [7, 11) is 0. The van der Waals surface area contributed by atoms with Crippen molar-refractivity contribution >= 4 is 5.91 Å². The van der Waals surface area contributed by atoms with E-state index in [-0.39, 0.29) is 11.9 Å². The fraction of sp³-hybridized carbons (Fsp3) is 0.250. The Morgan fingerprint density at radius 2 is 1.77 bits per heavy atom. The number of carbonyl (C=O) groups is 1. The molecule has 0 saturated carbocycles. The molecule has 134 valence electrons. The minimum absolute atomic E-state index is 0.159. The van der Waals surface area contributed by atoms with Gasteiger partial charge in [0.15, 0.2) is 5.82 Å². The highest BCUT2D eigenvalue weighted by atomic mass is 16.5. The number of benzene rings is 2. The number of rotatable bonds is 7. The minimum atomic E-state index is -0.254. The lowest BCUT2D eigenvalue weighted by Gasteiger charge is -2.06. The molecule has 1 heterocycles. The van der Waals surface area contributed by atoms with E-state index in [1.165, 1.54) is 4.68 Å². The third kappa shape index (κ3) is 3.97. The monoisotopic (exact) mass is 351 g/mol. The van der Waals surface area contributed by atoms with Crippen molar-refractivity contribution in [2.75, 3.05) is 19.8 Å². The molecule has 6 nitrogen and oxygen atoms in total. The number of hydrogen-bond donors (Lipinski definition) is 0. The van der Waals surface area contributed by atoms with E-state index in [2.05, 4.69) is 10.1 Å². The molecule has 0 atom stereocenters. The lowest BCUT2D eigenvalue weighted by molar-refractivity contribution is 0.0938. The predicted octanol–water partition coefficient (Wildman–Crippen LogP) is 3.36. The largest absolute Gasteiger partial charge is 0.460 e. The van der Waals surface area contributed by atoms with E-state index in [0.29, 0.717) is 31.2 Å². The third-order valence-corrected chi connectivity index (χ3v) is 3.85. The van der Waals surface area contributed by atoms with E-state index in [0.717, 1.165) is 11.1 Å². The number of ether oxygens (including phenoxy) is 2. The van der Waals surface area contributed by atoms with Crippen molar-refractivity contribution in [3.05, 3.63) is 65.7 Å². The van der Waals surface area contributed by atoms with Gasteiger partial charge in [0.05, 0.1) is 6.61 Å². The van der Waals surface area contributed by atoms with Crippen molar-refractivity contribution in [1.82, 2.24) is 14.8 Å². The fourth-order valence-electron chi connectivity index (χ4n) is 2.53. The molecule has 0 radical (unpaired) electrons. The van der Waals surface area contributed by atoms with E-state index in [1.807, 2.05) is 56.3 Å². The van der Waals surface area contributed by atoms with Crippen LogP contribution in [0.4, 0.5) is 0 Å². The van der Waals surface area contributed by atoms with E-state index in [9.17, 15) is 4.79 Å². The summed E-state index contributed by atoms with van der Waals surface area (Å²) in [5, 5.41) is 4.28. The summed E-state index contributed by atoms with van der Waals surface area (Å²) < 4.78 is 12.1. The molecular weight excluding hydrogens is 330 g/mol. The Hall–Kier alpha value is -2.99. The maximum atomic E-state index is 12.9. The van der Waals surface area contributed by atoms with Gasteiger partial charge >= 0.3 is 6.01 Å². The van der Waals surface area contributed by atoms with Gasteiger partial charge in [-0.1, -0.05) is 42.5 Å². The highest BCUT2D eigenvalue weighted by Gasteiger charge is 2.20. The van der Waals surface area contributed by atoms with Crippen LogP contribution in [0, 0.1) is 6.92 Å². The van der Waals surface area contributed by atoms with Gasteiger partial charge < -0.3 is 9.47 Å². The average Bonchev–Trinajstić information content (AvgIpc) is 3.09. The normalized spacial score (nSPS) is 10.7. The van der Waals surface area contributed by atoms with E-state index >= 15 is 0 Å². The number of nitrogens with zero attached hydrogens (tertiary/aromatic N) is 3. The van der Waals surface area contributed by atoms with Crippen molar-refractivity contribution in [2.45, 2.75) is 13.8 Å². The van der Waals surface area contributed by atoms with E-state index < -0.39 is 0 Å². The van der Waals surface area contributed by atoms with Crippen LogP contribution in [-0.4, -0.2) is 40.5 Å². The smallest absolute Gasteiger partial charge is 0.336 e. The average molecular weight is 351 g/mol. The quantitative estimate of drug-likeness (QED) is 0.611. The zero-order chi connectivity index (χ0) is 18.4. The van der Waals surface area contributed by atoms with Gasteiger partial charge in [0.1, 0.15) is 6.61 Å². The van der Waals surface area contributed by atoms with E-state index in [4.69, 9.17) is 9.47 Å². The lowest BCUT2D eigenvalue weighted by Crippen LogP contribution is -2.15. The van der Waals surface area contributed by atoms with Crippen LogP contribution in [0.2, 0.25) is 0 Å². The summed E-state index contributed by atoms with van der Waals surface area (Å²) in [6.45, 7) is 5.27. The summed E-state index contributed by atoms with van der Waals surface area (Å²) in [4.78, 5) is 17.4. The second kappa shape index (κ2) is 8.40. The number of hydrogen-bond acceptors (Lipinski definition) is 5. The van der Waals surface area contributed by atoms with Gasteiger partial charge in [-0.3, -0.25) is 4.79 Å². The zero-order valence-electron chi connectivity index (χ0n) is 14.9. The molecule has 2 aromatic carbocycles. The molecule has 0 spiro atoms. The molecule has 6 heteroatoms. The molecule has 3 aromatic rings. The van der Waals surface area contributed by atoms with Crippen molar-refractivity contribution in [1.29, 1.82) is 0 Å². The number of aromatic nitrogens is 3.